The molecular formula is C17H30Cl2N4O2. The lowest BCUT2D eigenvalue weighted by Gasteiger charge is -2.32. The summed E-state index contributed by atoms with van der Waals surface area (Å²) in [5.74, 6) is 1.00. The summed E-state index contributed by atoms with van der Waals surface area (Å²) < 4.78 is 5.36. The standard InChI is InChI=1S/C17H28N4O2.2ClH/c1-12-4-7-16(21-11-12)19-8-3-9-20-17(22)13-5-6-14(18)15(10-13)23-2;;/h4,7,11,13-15H,3,5-6,8-10,18H2,1-2H3,(H,19,21)(H,20,22);2*1H/t13-,14-,15-;;/m0../s1. The summed E-state index contributed by atoms with van der Waals surface area (Å²) in [5, 5.41) is 6.26. The molecule has 6 nitrogen and oxygen atoms in total. The molecule has 1 aliphatic rings. The van der Waals surface area contributed by atoms with Crippen LogP contribution in [0.5, 0.6) is 0 Å². The maximum atomic E-state index is 12.2. The molecule has 0 saturated heterocycles. The van der Waals surface area contributed by atoms with E-state index in [-0.39, 0.29) is 48.8 Å². The number of aryl methyl sites for hydroxylation is 1. The van der Waals surface area contributed by atoms with Gasteiger partial charge < -0.3 is 21.1 Å². The molecule has 0 bridgehead atoms. The average Bonchev–Trinajstić information content (AvgIpc) is 2.56. The van der Waals surface area contributed by atoms with E-state index in [1.807, 2.05) is 25.3 Å². The molecule has 25 heavy (non-hydrogen) atoms. The van der Waals surface area contributed by atoms with Gasteiger partial charge >= 0.3 is 0 Å². The molecule has 1 amide bonds. The van der Waals surface area contributed by atoms with Gasteiger partial charge in [-0.15, -0.1) is 24.8 Å². The van der Waals surface area contributed by atoms with Crippen molar-refractivity contribution in [3.05, 3.63) is 23.9 Å². The number of ether oxygens (including phenoxy) is 1. The van der Waals surface area contributed by atoms with Gasteiger partial charge in [0, 0.05) is 38.4 Å². The first kappa shape index (κ1) is 23.9. The Kier molecular flexibility index (Phi) is 11.8. The van der Waals surface area contributed by atoms with Gasteiger partial charge in [0.05, 0.1) is 6.10 Å². The van der Waals surface area contributed by atoms with Gasteiger partial charge in [-0.1, -0.05) is 6.07 Å². The van der Waals surface area contributed by atoms with Crippen LogP contribution < -0.4 is 16.4 Å². The Bertz CT molecular complexity index is 502. The second-order valence-electron chi connectivity index (χ2n) is 6.24. The van der Waals surface area contributed by atoms with Crippen LogP contribution in [-0.4, -0.2) is 43.2 Å². The van der Waals surface area contributed by atoms with Crippen LogP contribution in [0.25, 0.3) is 0 Å². The largest absolute Gasteiger partial charge is 0.380 e. The van der Waals surface area contributed by atoms with E-state index in [0.29, 0.717) is 6.54 Å². The van der Waals surface area contributed by atoms with E-state index >= 15 is 0 Å². The van der Waals surface area contributed by atoms with E-state index in [1.54, 1.807) is 7.11 Å². The van der Waals surface area contributed by atoms with E-state index in [2.05, 4.69) is 15.6 Å². The number of carbonyl (C=O) groups excluding carboxylic acids is 1. The lowest BCUT2D eigenvalue weighted by molar-refractivity contribution is -0.127. The van der Waals surface area contributed by atoms with Gasteiger partial charge in [0.25, 0.3) is 0 Å². The predicted octanol–water partition coefficient (Wildman–Crippen LogP) is 2.29. The zero-order chi connectivity index (χ0) is 16.7. The number of amides is 1. The molecule has 2 rings (SSSR count). The normalized spacial score (nSPS) is 22.3. The number of methoxy groups -OCH3 is 1. The first-order valence-corrected chi connectivity index (χ1v) is 8.32. The van der Waals surface area contributed by atoms with Crippen LogP contribution in [-0.2, 0) is 9.53 Å². The van der Waals surface area contributed by atoms with Gasteiger partial charge in [-0.25, -0.2) is 4.98 Å². The molecule has 1 aliphatic carbocycles. The molecule has 0 spiro atoms. The van der Waals surface area contributed by atoms with Crippen LogP contribution >= 0.6 is 24.8 Å². The average molecular weight is 393 g/mol. The third-order valence-electron chi connectivity index (χ3n) is 4.39. The highest BCUT2D eigenvalue weighted by Crippen LogP contribution is 2.25. The van der Waals surface area contributed by atoms with Gasteiger partial charge in [0.15, 0.2) is 0 Å². The van der Waals surface area contributed by atoms with E-state index < -0.39 is 0 Å². The minimum atomic E-state index is -0.00576. The summed E-state index contributed by atoms with van der Waals surface area (Å²) in [4.78, 5) is 16.5. The van der Waals surface area contributed by atoms with Crippen molar-refractivity contribution in [3.63, 3.8) is 0 Å². The van der Waals surface area contributed by atoms with Crippen molar-refractivity contribution in [2.24, 2.45) is 11.7 Å². The molecule has 0 unspecified atom stereocenters. The highest BCUT2D eigenvalue weighted by Gasteiger charge is 2.31. The van der Waals surface area contributed by atoms with Crippen LogP contribution in [0.1, 0.15) is 31.2 Å². The van der Waals surface area contributed by atoms with Crippen molar-refractivity contribution in [2.75, 3.05) is 25.5 Å². The molecule has 1 aromatic rings. The second kappa shape index (κ2) is 12.3. The zero-order valence-electron chi connectivity index (χ0n) is 14.9. The molecule has 1 aromatic heterocycles. The SMILES string of the molecule is CO[C@H]1C[C@@H](C(=O)NCCCNc2ccc(C)cn2)CC[C@@H]1N.Cl.Cl. The summed E-state index contributed by atoms with van der Waals surface area (Å²) >= 11 is 0. The highest BCUT2D eigenvalue weighted by molar-refractivity contribution is 5.85. The number of nitrogens with two attached hydrogens (primary N) is 1. The molecule has 144 valence electrons. The number of carbonyl (C=O) groups is 1. The second-order valence-corrected chi connectivity index (χ2v) is 6.24. The summed E-state index contributed by atoms with van der Waals surface area (Å²) in [6.45, 7) is 3.46. The fourth-order valence-corrected chi connectivity index (χ4v) is 2.89. The lowest BCUT2D eigenvalue weighted by atomic mass is 9.83. The quantitative estimate of drug-likeness (QED) is 0.619. The number of nitrogens with zero attached hydrogens (tertiary/aromatic N) is 1. The van der Waals surface area contributed by atoms with Gasteiger partial charge in [-0.05, 0) is 44.2 Å². The summed E-state index contributed by atoms with van der Waals surface area (Å²) in [6, 6.07) is 4.04. The first-order chi connectivity index (χ1) is 11.1. The van der Waals surface area contributed by atoms with Gasteiger partial charge in [-0.3, -0.25) is 4.79 Å². The molecule has 0 aromatic carbocycles. The summed E-state index contributed by atoms with van der Waals surface area (Å²) in [6.07, 6.45) is 5.10. The fourth-order valence-electron chi connectivity index (χ4n) is 2.89. The number of hydrogen-bond donors (Lipinski definition) is 3. The first-order valence-electron chi connectivity index (χ1n) is 8.32. The Balaban J connectivity index is 0.00000288. The molecule has 1 fully saturated rings. The number of rotatable bonds is 7. The topological polar surface area (TPSA) is 89.3 Å². The monoisotopic (exact) mass is 392 g/mol. The predicted molar refractivity (Wildman–Crippen MR) is 106 cm³/mol. The van der Waals surface area contributed by atoms with Crippen molar-refractivity contribution in [2.45, 2.75) is 44.8 Å². The minimum absolute atomic E-state index is 0. The third-order valence-corrected chi connectivity index (χ3v) is 4.39. The van der Waals surface area contributed by atoms with Crippen molar-refractivity contribution >= 4 is 36.5 Å². The Morgan fingerprint density at radius 3 is 2.72 bits per heavy atom. The molecule has 0 radical (unpaired) electrons. The van der Waals surface area contributed by atoms with Crippen LogP contribution in [0.4, 0.5) is 5.82 Å². The summed E-state index contributed by atoms with van der Waals surface area (Å²) in [5.41, 5.74) is 7.13. The number of aromatic nitrogens is 1. The van der Waals surface area contributed by atoms with E-state index in [9.17, 15) is 4.79 Å². The van der Waals surface area contributed by atoms with E-state index in [4.69, 9.17) is 10.5 Å². The van der Waals surface area contributed by atoms with Gasteiger partial charge in [0.1, 0.15) is 5.82 Å². The van der Waals surface area contributed by atoms with Crippen molar-refractivity contribution in [1.82, 2.24) is 10.3 Å². The third kappa shape index (κ3) is 7.77. The zero-order valence-corrected chi connectivity index (χ0v) is 16.5. The Hall–Kier alpha value is -1.08. The number of halogens is 2. The molecular weight excluding hydrogens is 363 g/mol. The fraction of sp³-hybridized carbons (Fsp3) is 0.647. The molecule has 4 N–H and O–H groups in total. The Morgan fingerprint density at radius 2 is 2.08 bits per heavy atom. The van der Waals surface area contributed by atoms with E-state index in [0.717, 1.165) is 43.6 Å². The maximum Gasteiger partial charge on any atom is 0.223 e. The minimum Gasteiger partial charge on any atom is -0.380 e. The van der Waals surface area contributed by atoms with Crippen molar-refractivity contribution < 1.29 is 9.53 Å². The molecule has 1 heterocycles. The van der Waals surface area contributed by atoms with Crippen molar-refractivity contribution in [3.8, 4) is 0 Å². The van der Waals surface area contributed by atoms with Crippen LogP contribution in [0.2, 0.25) is 0 Å². The van der Waals surface area contributed by atoms with Crippen LogP contribution in [0.15, 0.2) is 18.3 Å². The Labute approximate surface area is 162 Å². The van der Waals surface area contributed by atoms with Crippen molar-refractivity contribution in [1.29, 1.82) is 0 Å². The Morgan fingerprint density at radius 1 is 1.32 bits per heavy atom. The van der Waals surface area contributed by atoms with Gasteiger partial charge in [0.2, 0.25) is 5.91 Å². The smallest absolute Gasteiger partial charge is 0.223 e. The number of anilines is 1. The maximum absolute atomic E-state index is 12.2. The summed E-state index contributed by atoms with van der Waals surface area (Å²) in [7, 11) is 1.66. The van der Waals surface area contributed by atoms with Crippen LogP contribution in [0.3, 0.4) is 0 Å². The molecule has 8 heteroatoms. The number of hydrogen-bond acceptors (Lipinski definition) is 5. The lowest BCUT2D eigenvalue weighted by Crippen LogP contribution is -2.45. The number of pyridine rings is 1. The number of nitrogens with one attached hydrogen (secondary N) is 2. The van der Waals surface area contributed by atoms with Gasteiger partial charge in [-0.2, -0.15) is 0 Å². The van der Waals surface area contributed by atoms with E-state index in [1.165, 1.54) is 0 Å². The molecule has 1 saturated carbocycles. The molecule has 0 aliphatic heterocycles. The van der Waals surface area contributed by atoms with Crippen LogP contribution in [0, 0.1) is 12.8 Å². The molecule has 3 atom stereocenters. The highest BCUT2D eigenvalue weighted by atomic mass is 35.5.